The molecule has 3 rings (SSSR count). The van der Waals surface area contributed by atoms with Crippen molar-refractivity contribution < 1.29 is 9.53 Å². The molecule has 21 heavy (non-hydrogen) atoms. The molecule has 1 unspecified atom stereocenters. The van der Waals surface area contributed by atoms with Crippen molar-refractivity contribution in [3.63, 3.8) is 0 Å². The highest BCUT2D eigenvalue weighted by Crippen LogP contribution is 2.33. The molecule has 0 saturated carbocycles. The summed E-state index contributed by atoms with van der Waals surface area (Å²) in [6.45, 7) is 4.74. The molecule has 0 radical (unpaired) electrons. The van der Waals surface area contributed by atoms with Gasteiger partial charge in [-0.3, -0.25) is 0 Å². The second kappa shape index (κ2) is 5.24. The van der Waals surface area contributed by atoms with E-state index < -0.39 is 0 Å². The molecule has 1 aromatic heterocycles. The van der Waals surface area contributed by atoms with Crippen LogP contribution in [-0.2, 0) is 4.74 Å². The molecular weight excluding hydrogens is 266 g/mol. The fourth-order valence-electron chi connectivity index (χ4n) is 2.92. The molecule has 5 heteroatoms. The van der Waals surface area contributed by atoms with Crippen LogP contribution in [0.4, 0.5) is 5.82 Å². The Morgan fingerprint density at radius 3 is 2.95 bits per heavy atom. The predicted octanol–water partition coefficient (Wildman–Crippen LogP) is 2.69. The Balaban J connectivity index is 2.09. The third kappa shape index (κ3) is 2.28. The van der Waals surface area contributed by atoms with Gasteiger partial charge >= 0.3 is 5.97 Å². The van der Waals surface area contributed by atoms with Gasteiger partial charge in [0, 0.05) is 6.54 Å². The van der Waals surface area contributed by atoms with Crippen LogP contribution < -0.4 is 5.32 Å². The van der Waals surface area contributed by atoms with Gasteiger partial charge in [-0.15, -0.1) is 0 Å². The minimum atomic E-state index is -0.342. The molecule has 1 N–H and O–H groups in total. The zero-order chi connectivity index (χ0) is 15.0. The van der Waals surface area contributed by atoms with Crippen molar-refractivity contribution in [1.29, 1.82) is 0 Å². The Labute approximate surface area is 123 Å². The summed E-state index contributed by atoms with van der Waals surface area (Å²) < 4.78 is 6.79. The van der Waals surface area contributed by atoms with Crippen molar-refractivity contribution in [1.82, 2.24) is 9.78 Å². The van der Waals surface area contributed by atoms with Crippen LogP contribution in [0.1, 0.15) is 39.6 Å². The van der Waals surface area contributed by atoms with Crippen molar-refractivity contribution in [3.8, 4) is 0 Å². The van der Waals surface area contributed by atoms with Crippen LogP contribution in [-0.4, -0.2) is 29.4 Å². The number of anilines is 1. The zero-order valence-corrected chi connectivity index (χ0v) is 12.5. The Bertz CT molecular complexity index is 691. The number of fused-ring (bicyclic) bond motifs is 1. The Hall–Kier alpha value is -2.30. The van der Waals surface area contributed by atoms with Gasteiger partial charge in [-0.1, -0.05) is 29.8 Å². The predicted molar refractivity (Wildman–Crippen MR) is 80.7 cm³/mol. The van der Waals surface area contributed by atoms with Gasteiger partial charge in [0.25, 0.3) is 0 Å². The Morgan fingerprint density at radius 1 is 1.43 bits per heavy atom. The Morgan fingerprint density at radius 2 is 2.24 bits per heavy atom. The van der Waals surface area contributed by atoms with Crippen molar-refractivity contribution >= 4 is 11.8 Å². The fraction of sp³-hybridized carbons (Fsp3) is 0.375. The average Bonchev–Trinajstić information content (AvgIpc) is 2.82. The molecule has 5 nitrogen and oxygen atoms in total. The van der Waals surface area contributed by atoms with E-state index in [2.05, 4.69) is 41.6 Å². The summed E-state index contributed by atoms with van der Waals surface area (Å²) in [6, 6.07) is 8.58. The van der Waals surface area contributed by atoms with Gasteiger partial charge in [-0.05, 0) is 25.8 Å². The smallest absolute Gasteiger partial charge is 0.343 e. The van der Waals surface area contributed by atoms with Crippen LogP contribution in [0.3, 0.4) is 0 Å². The molecule has 0 saturated heterocycles. The number of nitrogens with zero attached hydrogens (tertiary/aromatic N) is 2. The summed E-state index contributed by atoms with van der Waals surface area (Å²) in [5.41, 5.74) is 3.68. The van der Waals surface area contributed by atoms with Crippen molar-refractivity contribution in [2.24, 2.45) is 0 Å². The van der Waals surface area contributed by atoms with E-state index in [0.717, 1.165) is 18.8 Å². The zero-order valence-electron chi connectivity index (χ0n) is 12.5. The maximum absolute atomic E-state index is 11.9. The molecule has 0 bridgehead atoms. The second-order valence-corrected chi connectivity index (χ2v) is 5.39. The number of hydrogen-bond donors (Lipinski definition) is 1. The number of rotatable bonds is 2. The van der Waals surface area contributed by atoms with Crippen LogP contribution in [0.5, 0.6) is 0 Å². The summed E-state index contributed by atoms with van der Waals surface area (Å²) in [7, 11) is 1.40. The third-order valence-electron chi connectivity index (χ3n) is 3.91. The van der Waals surface area contributed by atoms with Crippen LogP contribution in [0.25, 0.3) is 0 Å². The van der Waals surface area contributed by atoms with Crippen molar-refractivity contribution in [2.45, 2.75) is 26.3 Å². The van der Waals surface area contributed by atoms with Crippen LogP contribution in [0.2, 0.25) is 0 Å². The van der Waals surface area contributed by atoms with Crippen LogP contribution in [0.15, 0.2) is 24.3 Å². The molecule has 0 aliphatic carbocycles. The second-order valence-electron chi connectivity index (χ2n) is 5.39. The van der Waals surface area contributed by atoms with E-state index in [-0.39, 0.29) is 12.0 Å². The van der Waals surface area contributed by atoms with Gasteiger partial charge < -0.3 is 10.1 Å². The van der Waals surface area contributed by atoms with Crippen LogP contribution >= 0.6 is 0 Å². The van der Waals surface area contributed by atoms with E-state index in [1.54, 1.807) is 0 Å². The monoisotopic (exact) mass is 285 g/mol. The number of methoxy groups -OCH3 is 1. The number of esters is 1. The SMILES string of the molecule is COC(=O)c1c(C)nn2c1NCCC2c1cccc(C)c1. The van der Waals surface area contributed by atoms with E-state index in [1.807, 2.05) is 11.6 Å². The lowest BCUT2D eigenvalue weighted by molar-refractivity contribution is 0.0601. The van der Waals surface area contributed by atoms with Gasteiger partial charge in [-0.2, -0.15) is 5.10 Å². The van der Waals surface area contributed by atoms with Crippen LogP contribution in [0, 0.1) is 13.8 Å². The first-order valence-electron chi connectivity index (χ1n) is 7.09. The van der Waals surface area contributed by atoms with Gasteiger partial charge in [0.05, 0.1) is 18.8 Å². The summed E-state index contributed by atoms with van der Waals surface area (Å²) in [4.78, 5) is 11.9. The first kappa shape index (κ1) is 13.7. The lowest BCUT2D eigenvalue weighted by Crippen LogP contribution is -2.25. The Kier molecular flexibility index (Phi) is 3.41. The summed E-state index contributed by atoms with van der Waals surface area (Å²) in [5.74, 6) is 0.420. The maximum atomic E-state index is 11.9. The molecule has 0 amide bonds. The van der Waals surface area contributed by atoms with Gasteiger partial charge in [0.2, 0.25) is 0 Å². The lowest BCUT2D eigenvalue weighted by atomic mass is 10.0. The number of aryl methyl sites for hydroxylation is 2. The summed E-state index contributed by atoms with van der Waals surface area (Å²) in [6.07, 6.45) is 0.943. The fourth-order valence-corrected chi connectivity index (χ4v) is 2.92. The molecule has 1 atom stereocenters. The lowest BCUT2D eigenvalue weighted by Gasteiger charge is -2.26. The molecule has 2 aromatic rings. The number of carbonyl (C=O) groups is 1. The van der Waals surface area contributed by atoms with E-state index in [1.165, 1.54) is 18.2 Å². The molecule has 1 aliphatic rings. The summed E-state index contributed by atoms with van der Waals surface area (Å²) >= 11 is 0. The summed E-state index contributed by atoms with van der Waals surface area (Å²) in [5, 5.41) is 7.84. The van der Waals surface area contributed by atoms with E-state index >= 15 is 0 Å². The minimum absolute atomic E-state index is 0.151. The normalized spacial score (nSPS) is 17.0. The topological polar surface area (TPSA) is 56.1 Å². The number of benzene rings is 1. The number of hydrogen-bond acceptors (Lipinski definition) is 4. The molecule has 0 fully saturated rings. The highest BCUT2D eigenvalue weighted by molar-refractivity contribution is 5.96. The minimum Gasteiger partial charge on any atom is -0.465 e. The van der Waals surface area contributed by atoms with Crippen molar-refractivity contribution in [3.05, 3.63) is 46.6 Å². The average molecular weight is 285 g/mol. The first-order valence-corrected chi connectivity index (χ1v) is 7.09. The third-order valence-corrected chi connectivity index (χ3v) is 3.91. The standard InChI is InChI=1S/C16H19N3O2/c1-10-5-4-6-12(9-10)13-7-8-17-15-14(16(20)21-3)11(2)18-19(13)15/h4-6,9,13,17H,7-8H2,1-3H3. The largest absolute Gasteiger partial charge is 0.465 e. The van der Waals surface area contributed by atoms with Gasteiger partial charge in [-0.25, -0.2) is 9.48 Å². The molecule has 110 valence electrons. The molecule has 1 aliphatic heterocycles. The quantitative estimate of drug-likeness (QED) is 0.862. The number of carbonyl (C=O) groups excluding carboxylic acids is 1. The first-order chi connectivity index (χ1) is 10.1. The van der Waals surface area contributed by atoms with E-state index in [0.29, 0.717) is 11.3 Å². The number of ether oxygens (including phenoxy) is 1. The number of nitrogens with one attached hydrogen (secondary N) is 1. The van der Waals surface area contributed by atoms with Crippen molar-refractivity contribution in [2.75, 3.05) is 19.0 Å². The maximum Gasteiger partial charge on any atom is 0.343 e. The highest BCUT2D eigenvalue weighted by atomic mass is 16.5. The number of aromatic nitrogens is 2. The van der Waals surface area contributed by atoms with E-state index in [4.69, 9.17) is 4.74 Å². The molecular formula is C16H19N3O2. The van der Waals surface area contributed by atoms with Gasteiger partial charge in [0.1, 0.15) is 11.4 Å². The van der Waals surface area contributed by atoms with Gasteiger partial charge in [0.15, 0.2) is 0 Å². The molecule has 1 aromatic carbocycles. The molecule has 0 spiro atoms. The highest BCUT2D eigenvalue weighted by Gasteiger charge is 2.29. The molecule has 2 heterocycles. The van der Waals surface area contributed by atoms with E-state index in [9.17, 15) is 4.79 Å².